The summed E-state index contributed by atoms with van der Waals surface area (Å²) in [6.45, 7) is 3.71. The SMILES string of the molecule is CCc1ccc(NC(=O)OCC2(N(C=O)Cc3ccccc3Cl)CCN(C(=O)CCCN)CC2)cc1. The minimum atomic E-state index is -0.769. The third kappa shape index (κ3) is 7.21. The molecule has 0 aliphatic carbocycles. The molecule has 1 heterocycles. The molecule has 0 atom stereocenters. The molecule has 1 aliphatic rings. The largest absolute Gasteiger partial charge is 0.447 e. The van der Waals surface area contributed by atoms with Crippen molar-refractivity contribution in [2.45, 2.75) is 51.1 Å². The monoisotopic (exact) mass is 514 g/mol. The summed E-state index contributed by atoms with van der Waals surface area (Å²) in [5.74, 6) is 0.0481. The highest BCUT2D eigenvalue weighted by molar-refractivity contribution is 6.31. The van der Waals surface area contributed by atoms with Gasteiger partial charge in [0.1, 0.15) is 6.61 Å². The average Bonchev–Trinajstić information content (AvgIpc) is 2.91. The molecule has 3 amide bonds. The van der Waals surface area contributed by atoms with Gasteiger partial charge in [-0.25, -0.2) is 4.79 Å². The summed E-state index contributed by atoms with van der Waals surface area (Å²) in [4.78, 5) is 40.9. The van der Waals surface area contributed by atoms with Gasteiger partial charge in [-0.3, -0.25) is 14.9 Å². The van der Waals surface area contributed by atoms with Crippen molar-refractivity contribution < 1.29 is 19.1 Å². The van der Waals surface area contributed by atoms with Crippen LogP contribution < -0.4 is 11.1 Å². The molecule has 0 radical (unpaired) electrons. The van der Waals surface area contributed by atoms with Gasteiger partial charge in [-0.1, -0.05) is 48.9 Å². The molecule has 3 N–H and O–H groups in total. The fraction of sp³-hybridized carbons (Fsp3) is 0.444. The van der Waals surface area contributed by atoms with E-state index in [2.05, 4.69) is 12.2 Å². The molecule has 2 aromatic rings. The number of hydrogen-bond acceptors (Lipinski definition) is 5. The summed E-state index contributed by atoms with van der Waals surface area (Å²) < 4.78 is 5.65. The number of nitrogens with one attached hydrogen (secondary N) is 1. The van der Waals surface area contributed by atoms with Crippen molar-refractivity contribution in [1.29, 1.82) is 0 Å². The van der Waals surface area contributed by atoms with Crippen molar-refractivity contribution in [2.24, 2.45) is 5.73 Å². The lowest BCUT2D eigenvalue weighted by atomic mass is 9.86. The number of ether oxygens (including phenoxy) is 1. The first-order chi connectivity index (χ1) is 17.4. The first kappa shape index (κ1) is 27.5. The Kier molecular flexibility index (Phi) is 10.1. The zero-order chi connectivity index (χ0) is 26.0. The summed E-state index contributed by atoms with van der Waals surface area (Å²) >= 11 is 6.36. The molecule has 3 rings (SSSR count). The highest BCUT2D eigenvalue weighted by Crippen LogP contribution is 2.32. The van der Waals surface area contributed by atoms with E-state index in [1.54, 1.807) is 15.9 Å². The van der Waals surface area contributed by atoms with Crippen LogP contribution in [0, 0.1) is 0 Å². The summed E-state index contributed by atoms with van der Waals surface area (Å²) in [5.41, 5.74) is 7.38. The molecule has 0 saturated carbocycles. The molecule has 194 valence electrons. The molecule has 2 aromatic carbocycles. The molecule has 0 spiro atoms. The number of rotatable bonds is 11. The van der Waals surface area contributed by atoms with Gasteiger partial charge >= 0.3 is 6.09 Å². The fourth-order valence-electron chi connectivity index (χ4n) is 4.40. The van der Waals surface area contributed by atoms with Crippen LogP contribution in [0.1, 0.15) is 43.7 Å². The summed E-state index contributed by atoms with van der Waals surface area (Å²) in [5, 5.41) is 3.31. The average molecular weight is 515 g/mol. The number of nitrogens with two attached hydrogens (primary N) is 1. The minimum absolute atomic E-state index is 0.0000992. The van der Waals surface area contributed by atoms with Gasteiger partial charge < -0.3 is 20.3 Å². The summed E-state index contributed by atoms with van der Waals surface area (Å²) in [6.07, 6.45) is 3.08. The van der Waals surface area contributed by atoms with Gasteiger partial charge in [0, 0.05) is 36.8 Å². The Hall–Kier alpha value is -3.10. The van der Waals surface area contributed by atoms with Crippen LogP contribution in [0.25, 0.3) is 0 Å². The number of carbonyl (C=O) groups is 3. The van der Waals surface area contributed by atoms with E-state index in [0.29, 0.717) is 56.0 Å². The van der Waals surface area contributed by atoms with Crippen LogP contribution in [-0.2, 0) is 27.3 Å². The lowest BCUT2D eigenvalue weighted by Crippen LogP contribution is -2.58. The predicted molar refractivity (Wildman–Crippen MR) is 141 cm³/mol. The highest BCUT2D eigenvalue weighted by atomic mass is 35.5. The molecule has 1 aliphatic heterocycles. The van der Waals surface area contributed by atoms with Crippen molar-refractivity contribution in [2.75, 3.05) is 31.6 Å². The number of halogens is 1. The molecule has 1 saturated heterocycles. The Labute approximate surface area is 217 Å². The van der Waals surface area contributed by atoms with Gasteiger partial charge in [-0.05, 0) is 61.6 Å². The molecule has 0 unspecified atom stereocenters. The van der Waals surface area contributed by atoms with Gasteiger partial charge in [0.15, 0.2) is 0 Å². The lowest BCUT2D eigenvalue weighted by Gasteiger charge is -2.47. The topological polar surface area (TPSA) is 105 Å². The highest BCUT2D eigenvalue weighted by Gasteiger charge is 2.42. The number of piperidine rings is 1. The summed E-state index contributed by atoms with van der Waals surface area (Å²) in [7, 11) is 0. The molecule has 36 heavy (non-hydrogen) atoms. The van der Waals surface area contributed by atoms with E-state index in [9.17, 15) is 14.4 Å². The van der Waals surface area contributed by atoms with Crippen molar-refractivity contribution in [3.8, 4) is 0 Å². The van der Waals surface area contributed by atoms with E-state index >= 15 is 0 Å². The molecule has 8 nitrogen and oxygen atoms in total. The van der Waals surface area contributed by atoms with Gasteiger partial charge in [0.05, 0.1) is 5.54 Å². The Morgan fingerprint density at radius 1 is 1.17 bits per heavy atom. The van der Waals surface area contributed by atoms with Gasteiger partial charge in [0.2, 0.25) is 12.3 Å². The van der Waals surface area contributed by atoms with Crippen molar-refractivity contribution in [1.82, 2.24) is 9.80 Å². The number of likely N-dealkylation sites (tertiary alicyclic amines) is 1. The first-order valence-corrected chi connectivity index (χ1v) is 12.7. The zero-order valence-electron chi connectivity index (χ0n) is 20.7. The predicted octanol–water partition coefficient (Wildman–Crippen LogP) is 4.21. The van der Waals surface area contributed by atoms with Crippen LogP contribution in [0.2, 0.25) is 5.02 Å². The third-order valence-electron chi connectivity index (χ3n) is 6.76. The van der Waals surface area contributed by atoms with E-state index in [1.165, 1.54) is 5.56 Å². The number of carbonyl (C=O) groups excluding carboxylic acids is 3. The molecule has 0 aromatic heterocycles. The van der Waals surface area contributed by atoms with Crippen LogP contribution in [0.15, 0.2) is 48.5 Å². The zero-order valence-corrected chi connectivity index (χ0v) is 21.5. The number of nitrogens with zero attached hydrogens (tertiary/aromatic N) is 2. The van der Waals surface area contributed by atoms with Crippen LogP contribution in [0.4, 0.5) is 10.5 Å². The number of benzene rings is 2. The van der Waals surface area contributed by atoms with Crippen LogP contribution >= 0.6 is 11.6 Å². The Morgan fingerprint density at radius 3 is 2.47 bits per heavy atom. The Bertz CT molecular complexity index is 1020. The number of amides is 3. The standard InChI is InChI=1S/C27H35ClN4O4/c1-2-21-9-11-23(12-10-21)30-26(35)36-19-27(13-16-31(17-14-27)25(34)8-5-15-29)32(20-33)18-22-6-3-4-7-24(22)28/h3-4,6-7,9-12,20H,2,5,8,13-19,29H2,1H3,(H,30,35). The van der Waals surface area contributed by atoms with Gasteiger partial charge in [0.25, 0.3) is 0 Å². The van der Waals surface area contributed by atoms with E-state index in [1.807, 2.05) is 42.5 Å². The third-order valence-corrected chi connectivity index (χ3v) is 7.13. The molecular weight excluding hydrogens is 480 g/mol. The Balaban J connectivity index is 1.73. The number of aryl methyl sites for hydroxylation is 1. The normalized spacial score (nSPS) is 14.7. The van der Waals surface area contributed by atoms with E-state index in [4.69, 9.17) is 22.1 Å². The van der Waals surface area contributed by atoms with Gasteiger partial charge in [-0.15, -0.1) is 0 Å². The number of hydrogen-bond donors (Lipinski definition) is 2. The molecular formula is C27H35ClN4O4. The fourth-order valence-corrected chi connectivity index (χ4v) is 4.60. The van der Waals surface area contributed by atoms with Crippen molar-refractivity contribution >= 4 is 35.7 Å². The Morgan fingerprint density at radius 2 is 1.86 bits per heavy atom. The molecule has 1 fully saturated rings. The van der Waals surface area contributed by atoms with Crippen LogP contribution in [0.3, 0.4) is 0 Å². The smallest absolute Gasteiger partial charge is 0.411 e. The van der Waals surface area contributed by atoms with Crippen LogP contribution in [0.5, 0.6) is 0 Å². The maximum Gasteiger partial charge on any atom is 0.411 e. The molecule has 0 bridgehead atoms. The van der Waals surface area contributed by atoms with Crippen LogP contribution in [-0.4, -0.2) is 60.0 Å². The van der Waals surface area contributed by atoms with Crippen molar-refractivity contribution in [3.05, 3.63) is 64.7 Å². The minimum Gasteiger partial charge on any atom is -0.447 e. The van der Waals surface area contributed by atoms with E-state index in [-0.39, 0.29) is 19.1 Å². The maximum absolute atomic E-state index is 12.6. The molecule has 9 heteroatoms. The maximum atomic E-state index is 12.6. The van der Waals surface area contributed by atoms with E-state index in [0.717, 1.165) is 18.4 Å². The second-order valence-corrected chi connectivity index (χ2v) is 9.48. The second-order valence-electron chi connectivity index (χ2n) is 9.07. The summed E-state index contributed by atoms with van der Waals surface area (Å²) in [6, 6.07) is 14.9. The van der Waals surface area contributed by atoms with E-state index < -0.39 is 11.6 Å². The quantitative estimate of drug-likeness (QED) is 0.437. The van der Waals surface area contributed by atoms with Crippen molar-refractivity contribution in [3.63, 3.8) is 0 Å². The first-order valence-electron chi connectivity index (χ1n) is 12.4. The number of anilines is 1. The second kappa shape index (κ2) is 13.3. The van der Waals surface area contributed by atoms with Gasteiger partial charge in [-0.2, -0.15) is 0 Å². The lowest BCUT2D eigenvalue weighted by molar-refractivity contribution is -0.138.